The lowest BCUT2D eigenvalue weighted by Gasteiger charge is -2.22. The Balaban J connectivity index is 1.68. The fourth-order valence-electron chi connectivity index (χ4n) is 2.40. The Morgan fingerprint density at radius 3 is 2.62 bits per heavy atom. The van der Waals surface area contributed by atoms with E-state index in [4.69, 9.17) is 0 Å². The van der Waals surface area contributed by atoms with Gasteiger partial charge in [-0.15, -0.1) is 5.10 Å². The molecule has 7 heteroatoms. The molecule has 0 spiro atoms. The van der Waals surface area contributed by atoms with Crippen LogP contribution < -0.4 is 0 Å². The molecule has 0 atom stereocenters. The quantitative estimate of drug-likeness (QED) is 0.656. The van der Waals surface area contributed by atoms with Crippen molar-refractivity contribution in [3.8, 4) is 0 Å². The van der Waals surface area contributed by atoms with E-state index in [9.17, 15) is 4.79 Å². The van der Waals surface area contributed by atoms with E-state index < -0.39 is 0 Å². The monoisotopic (exact) mass is 322 g/mol. The number of tetrazole rings is 1. The highest BCUT2D eigenvalue weighted by molar-refractivity contribution is 5.75. The van der Waals surface area contributed by atoms with Crippen LogP contribution in [0.5, 0.6) is 0 Å². The molecule has 2 heterocycles. The van der Waals surface area contributed by atoms with Gasteiger partial charge in [0, 0.05) is 25.5 Å². The van der Waals surface area contributed by atoms with Crippen molar-refractivity contribution in [2.75, 3.05) is 6.54 Å². The Hall–Kier alpha value is -3.09. The van der Waals surface area contributed by atoms with Crippen LogP contribution in [0.15, 0.2) is 61.2 Å². The summed E-state index contributed by atoms with van der Waals surface area (Å²) in [4.78, 5) is 18.6. The van der Waals surface area contributed by atoms with Crippen molar-refractivity contribution >= 4 is 5.91 Å². The minimum atomic E-state index is -0.0258. The van der Waals surface area contributed by atoms with E-state index >= 15 is 0 Å². The van der Waals surface area contributed by atoms with Crippen molar-refractivity contribution in [2.24, 2.45) is 0 Å². The summed E-state index contributed by atoms with van der Waals surface area (Å²) in [5, 5.41) is 10.9. The highest BCUT2D eigenvalue weighted by Crippen LogP contribution is 2.07. The molecular weight excluding hydrogens is 304 g/mol. The van der Waals surface area contributed by atoms with E-state index in [1.807, 2.05) is 35.2 Å². The molecule has 1 amide bonds. The number of aromatic nitrogens is 5. The minimum Gasteiger partial charge on any atom is -0.336 e. The number of carbonyl (C=O) groups excluding carboxylic acids is 1. The lowest BCUT2D eigenvalue weighted by molar-refractivity contribution is -0.132. The Labute approximate surface area is 139 Å². The summed E-state index contributed by atoms with van der Waals surface area (Å²) in [5.41, 5.74) is 2.19. The van der Waals surface area contributed by atoms with Gasteiger partial charge in [0.15, 0.2) is 0 Å². The van der Waals surface area contributed by atoms with Crippen LogP contribution in [0.1, 0.15) is 11.1 Å². The number of hydrogen-bond acceptors (Lipinski definition) is 5. The van der Waals surface area contributed by atoms with Crippen molar-refractivity contribution in [3.05, 3.63) is 72.3 Å². The van der Waals surface area contributed by atoms with Crippen molar-refractivity contribution in [1.82, 2.24) is 30.1 Å². The molecular formula is C17H18N6O. The maximum absolute atomic E-state index is 12.6. The molecule has 7 nitrogen and oxygen atoms in total. The Kier molecular flexibility index (Phi) is 5.24. The van der Waals surface area contributed by atoms with Gasteiger partial charge in [0.25, 0.3) is 0 Å². The third-order valence-electron chi connectivity index (χ3n) is 3.65. The molecule has 24 heavy (non-hydrogen) atoms. The second kappa shape index (κ2) is 7.96. The minimum absolute atomic E-state index is 0.0258. The third kappa shape index (κ3) is 4.45. The van der Waals surface area contributed by atoms with E-state index in [2.05, 4.69) is 32.6 Å². The molecule has 0 unspecified atom stereocenters. The fourth-order valence-corrected chi connectivity index (χ4v) is 2.40. The molecule has 3 aromatic rings. The number of nitrogens with zero attached hydrogens (tertiary/aromatic N) is 6. The Morgan fingerprint density at radius 1 is 1.08 bits per heavy atom. The number of benzene rings is 1. The zero-order chi connectivity index (χ0) is 16.6. The van der Waals surface area contributed by atoms with E-state index in [0.717, 1.165) is 12.0 Å². The first kappa shape index (κ1) is 15.8. The topological polar surface area (TPSA) is 76.8 Å². The summed E-state index contributed by atoms with van der Waals surface area (Å²) < 4.78 is 1.43. The van der Waals surface area contributed by atoms with Crippen LogP contribution in [-0.2, 0) is 24.3 Å². The smallest absolute Gasteiger partial charge is 0.244 e. The summed E-state index contributed by atoms with van der Waals surface area (Å²) in [5.74, 6) is -0.0258. The first-order chi connectivity index (χ1) is 11.8. The van der Waals surface area contributed by atoms with Crippen LogP contribution in [0.3, 0.4) is 0 Å². The highest BCUT2D eigenvalue weighted by atomic mass is 16.2. The van der Waals surface area contributed by atoms with Gasteiger partial charge in [0.05, 0.1) is 0 Å². The number of rotatable bonds is 7. The standard InChI is InChI=1S/C17H18N6O/c24-17(13-23-14-19-20-21-23)22(12-16-7-4-9-18-11-16)10-8-15-5-2-1-3-6-15/h1-7,9,11,14H,8,10,12-13H2. The second-order valence-electron chi connectivity index (χ2n) is 5.42. The summed E-state index contributed by atoms with van der Waals surface area (Å²) in [6, 6.07) is 14.0. The molecule has 0 radical (unpaired) electrons. The molecule has 0 N–H and O–H groups in total. The van der Waals surface area contributed by atoms with Crippen molar-refractivity contribution in [2.45, 2.75) is 19.5 Å². The van der Waals surface area contributed by atoms with Gasteiger partial charge in [0.1, 0.15) is 12.9 Å². The molecule has 122 valence electrons. The van der Waals surface area contributed by atoms with Gasteiger partial charge < -0.3 is 4.90 Å². The fraction of sp³-hybridized carbons (Fsp3) is 0.235. The third-order valence-corrected chi connectivity index (χ3v) is 3.65. The van der Waals surface area contributed by atoms with Crippen LogP contribution in [0.25, 0.3) is 0 Å². The highest BCUT2D eigenvalue weighted by Gasteiger charge is 2.15. The van der Waals surface area contributed by atoms with Gasteiger partial charge in [-0.3, -0.25) is 9.78 Å². The van der Waals surface area contributed by atoms with Gasteiger partial charge in [-0.05, 0) is 34.0 Å². The number of carbonyl (C=O) groups is 1. The van der Waals surface area contributed by atoms with Crippen LogP contribution in [0, 0.1) is 0 Å². The second-order valence-corrected chi connectivity index (χ2v) is 5.42. The molecule has 0 saturated heterocycles. The Bertz CT molecular complexity index is 745. The summed E-state index contributed by atoms with van der Waals surface area (Å²) in [6.07, 6.45) is 5.74. The molecule has 1 aromatic carbocycles. The molecule has 0 aliphatic rings. The van der Waals surface area contributed by atoms with Gasteiger partial charge >= 0.3 is 0 Å². The van der Waals surface area contributed by atoms with Crippen LogP contribution in [-0.4, -0.2) is 42.5 Å². The molecule has 2 aromatic heterocycles. The SMILES string of the molecule is O=C(Cn1cnnn1)N(CCc1ccccc1)Cc1cccnc1. The molecule has 0 aliphatic heterocycles. The van der Waals surface area contributed by atoms with Crippen molar-refractivity contribution < 1.29 is 4.79 Å². The Morgan fingerprint density at radius 2 is 1.92 bits per heavy atom. The van der Waals surface area contributed by atoms with Crippen molar-refractivity contribution in [3.63, 3.8) is 0 Å². The predicted molar refractivity (Wildman–Crippen MR) is 87.6 cm³/mol. The van der Waals surface area contributed by atoms with Crippen LogP contribution in [0.4, 0.5) is 0 Å². The summed E-state index contributed by atoms with van der Waals surface area (Å²) >= 11 is 0. The lowest BCUT2D eigenvalue weighted by atomic mass is 10.1. The maximum atomic E-state index is 12.6. The molecule has 0 saturated carbocycles. The molecule has 0 aliphatic carbocycles. The number of pyridine rings is 1. The molecule has 3 rings (SSSR count). The van der Waals surface area contributed by atoms with Crippen LogP contribution in [0.2, 0.25) is 0 Å². The largest absolute Gasteiger partial charge is 0.336 e. The molecule has 0 fully saturated rings. The summed E-state index contributed by atoms with van der Waals surface area (Å²) in [7, 11) is 0. The normalized spacial score (nSPS) is 10.5. The average molecular weight is 322 g/mol. The van der Waals surface area contributed by atoms with Gasteiger partial charge in [0.2, 0.25) is 5.91 Å². The van der Waals surface area contributed by atoms with Gasteiger partial charge in [-0.1, -0.05) is 36.4 Å². The molecule has 0 bridgehead atoms. The van der Waals surface area contributed by atoms with E-state index in [-0.39, 0.29) is 12.5 Å². The maximum Gasteiger partial charge on any atom is 0.244 e. The first-order valence-electron chi connectivity index (χ1n) is 7.72. The van der Waals surface area contributed by atoms with Gasteiger partial charge in [-0.25, -0.2) is 4.68 Å². The number of amides is 1. The number of hydrogen-bond donors (Lipinski definition) is 0. The zero-order valence-corrected chi connectivity index (χ0v) is 13.2. The van der Waals surface area contributed by atoms with Gasteiger partial charge in [-0.2, -0.15) is 0 Å². The zero-order valence-electron chi connectivity index (χ0n) is 13.2. The van der Waals surface area contributed by atoms with Crippen LogP contribution >= 0.6 is 0 Å². The lowest BCUT2D eigenvalue weighted by Crippen LogP contribution is -2.35. The van der Waals surface area contributed by atoms with Crippen molar-refractivity contribution in [1.29, 1.82) is 0 Å². The first-order valence-corrected chi connectivity index (χ1v) is 7.72. The predicted octanol–water partition coefficient (Wildman–Crippen LogP) is 1.34. The average Bonchev–Trinajstić information content (AvgIpc) is 3.13. The van der Waals surface area contributed by atoms with E-state index in [1.54, 1.807) is 12.4 Å². The summed E-state index contributed by atoms with van der Waals surface area (Å²) in [6.45, 7) is 1.27. The van der Waals surface area contributed by atoms with E-state index in [0.29, 0.717) is 13.1 Å². The van der Waals surface area contributed by atoms with E-state index in [1.165, 1.54) is 16.6 Å².